The molecule has 2 heterocycles. The van der Waals surface area contributed by atoms with Gasteiger partial charge in [-0.2, -0.15) is 0 Å². The third kappa shape index (κ3) is 3.90. The van der Waals surface area contributed by atoms with Crippen molar-refractivity contribution in [3.05, 3.63) is 71.2 Å². The molecular weight excluding hydrogens is 354 g/mol. The van der Waals surface area contributed by atoms with Crippen LogP contribution in [0.2, 0.25) is 0 Å². The van der Waals surface area contributed by atoms with E-state index in [9.17, 15) is 0 Å². The van der Waals surface area contributed by atoms with Crippen molar-refractivity contribution in [2.75, 3.05) is 13.7 Å². The van der Waals surface area contributed by atoms with Crippen molar-refractivity contribution in [2.24, 2.45) is 11.8 Å². The largest absolute Gasteiger partial charge is 0.496 e. The lowest BCUT2D eigenvalue weighted by Gasteiger charge is -2.39. The van der Waals surface area contributed by atoms with Gasteiger partial charge in [0.05, 0.1) is 13.2 Å². The van der Waals surface area contributed by atoms with Gasteiger partial charge in [0.25, 0.3) is 0 Å². The molecule has 4 rings (SSSR count). The van der Waals surface area contributed by atoms with Crippen LogP contribution in [-0.4, -0.2) is 23.6 Å². The van der Waals surface area contributed by atoms with Crippen LogP contribution in [0.5, 0.6) is 5.75 Å². The molecule has 2 aromatic carbocycles. The monoisotopic (exact) mass is 379 g/mol. The van der Waals surface area contributed by atoms with Crippen LogP contribution in [0.25, 0.3) is 10.6 Å². The highest BCUT2D eigenvalue weighted by molar-refractivity contribution is 7.13. The molecule has 2 N–H and O–H groups in total. The number of rotatable bonds is 5. The predicted octanol–water partition coefficient (Wildman–Crippen LogP) is 4.69. The van der Waals surface area contributed by atoms with Gasteiger partial charge >= 0.3 is 0 Å². The SMILES string of the molecule is COc1ccc(-c2nccs2)cc1C[C@@H]1CCCN(N)[C@@H]1c1ccccc1. The molecule has 1 fully saturated rings. The van der Waals surface area contributed by atoms with E-state index in [1.807, 2.05) is 16.6 Å². The summed E-state index contributed by atoms with van der Waals surface area (Å²) in [6.45, 7) is 0.937. The Bertz CT molecular complexity index is 867. The van der Waals surface area contributed by atoms with E-state index in [0.717, 1.165) is 42.1 Å². The molecule has 0 unspecified atom stereocenters. The number of ether oxygens (including phenoxy) is 1. The highest BCUT2D eigenvalue weighted by atomic mass is 32.1. The van der Waals surface area contributed by atoms with E-state index in [1.165, 1.54) is 11.1 Å². The zero-order chi connectivity index (χ0) is 18.6. The van der Waals surface area contributed by atoms with Crippen molar-refractivity contribution in [3.8, 4) is 16.3 Å². The number of hydrazine groups is 1. The maximum absolute atomic E-state index is 6.43. The van der Waals surface area contributed by atoms with Gasteiger partial charge in [0.1, 0.15) is 10.8 Å². The summed E-state index contributed by atoms with van der Waals surface area (Å²) in [4.78, 5) is 4.45. The van der Waals surface area contributed by atoms with Gasteiger partial charge in [-0.05, 0) is 54.5 Å². The molecule has 1 aromatic heterocycles. The number of benzene rings is 2. The number of aromatic nitrogens is 1. The third-order valence-electron chi connectivity index (χ3n) is 5.38. The summed E-state index contributed by atoms with van der Waals surface area (Å²) in [6, 6.07) is 17.2. The summed E-state index contributed by atoms with van der Waals surface area (Å²) < 4.78 is 5.67. The molecule has 0 bridgehead atoms. The molecule has 140 valence electrons. The van der Waals surface area contributed by atoms with E-state index in [4.69, 9.17) is 10.6 Å². The Morgan fingerprint density at radius 3 is 2.81 bits per heavy atom. The van der Waals surface area contributed by atoms with Gasteiger partial charge in [-0.25, -0.2) is 9.99 Å². The first-order valence-corrected chi connectivity index (χ1v) is 10.3. The van der Waals surface area contributed by atoms with E-state index in [0.29, 0.717) is 5.92 Å². The molecule has 0 spiro atoms. The highest BCUT2D eigenvalue weighted by Crippen LogP contribution is 2.38. The van der Waals surface area contributed by atoms with Crippen molar-refractivity contribution in [1.29, 1.82) is 0 Å². The zero-order valence-electron chi connectivity index (χ0n) is 15.5. The molecule has 0 aliphatic carbocycles. The lowest BCUT2D eigenvalue weighted by Crippen LogP contribution is -2.44. The molecule has 0 amide bonds. The standard InChI is InChI=1S/C22H25N3OS/c1-26-20-10-9-18(22-24-11-13-27-22)15-19(20)14-17-8-5-12-25(23)21(17)16-6-3-2-4-7-16/h2-4,6-7,9-11,13,15,17,21H,5,8,12,14,23H2,1H3/t17-,21+/m0/s1. The second-order valence-corrected chi connectivity index (χ2v) is 7.96. The molecule has 5 heteroatoms. The van der Waals surface area contributed by atoms with E-state index in [2.05, 4.69) is 53.5 Å². The molecule has 27 heavy (non-hydrogen) atoms. The minimum Gasteiger partial charge on any atom is -0.496 e. The number of nitrogens with two attached hydrogens (primary N) is 1. The average molecular weight is 380 g/mol. The summed E-state index contributed by atoms with van der Waals surface area (Å²) in [5, 5.41) is 5.07. The maximum atomic E-state index is 6.43. The lowest BCUT2D eigenvalue weighted by molar-refractivity contribution is 0.0923. The molecule has 1 aliphatic heterocycles. The van der Waals surface area contributed by atoms with Gasteiger partial charge in [-0.3, -0.25) is 5.84 Å². The highest BCUT2D eigenvalue weighted by Gasteiger charge is 2.31. The first-order chi connectivity index (χ1) is 13.3. The summed E-state index contributed by atoms with van der Waals surface area (Å²) in [5.41, 5.74) is 3.67. The number of nitrogens with zero attached hydrogens (tertiary/aromatic N) is 2. The van der Waals surface area contributed by atoms with Crippen LogP contribution in [0.15, 0.2) is 60.1 Å². The number of hydrogen-bond acceptors (Lipinski definition) is 5. The van der Waals surface area contributed by atoms with E-state index in [-0.39, 0.29) is 6.04 Å². The van der Waals surface area contributed by atoms with Crippen molar-refractivity contribution >= 4 is 11.3 Å². The number of hydrogen-bond donors (Lipinski definition) is 1. The Kier molecular flexibility index (Phi) is 5.53. The topological polar surface area (TPSA) is 51.4 Å². The summed E-state index contributed by atoms with van der Waals surface area (Å²) in [5.74, 6) is 7.82. The molecular formula is C22H25N3OS. The van der Waals surface area contributed by atoms with E-state index < -0.39 is 0 Å². The summed E-state index contributed by atoms with van der Waals surface area (Å²) in [6.07, 6.45) is 5.08. The van der Waals surface area contributed by atoms with Crippen molar-refractivity contribution in [3.63, 3.8) is 0 Å². The van der Waals surface area contributed by atoms with Gasteiger partial charge in [0.15, 0.2) is 0 Å². The van der Waals surface area contributed by atoms with Crippen LogP contribution in [0.1, 0.15) is 30.0 Å². The van der Waals surface area contributed by atoms with Gasteiger partial charge in [-0.15, -0.1) is 11.3 Å². The molecule has 1 saturated heterocycles. The Hall–Kier alpha value is -2.21. The van der Waals surface area contributed by atoms with Crippen LogP contribution in [0, 0.1) is 5.92 Å². The van der Waals surface area contributed by atoms with Crippen molar-refractivity contribution in [1.82, 2.24) is 9.99 Å². The van der Waals surface area contributed by atoms with Gasteiger partial charge in [0.2, 0.25) is 0 Å². The fraction of sp³-hybridized carbons (Fsp3) is 0.318. The van der Waals surface area contributed by atoms with E-state index in [1.54, 1.807) is 18.4 Å². The van der Waals surface area contributed by atoms with Gasteiger partial charge in [0, 0.05) is 23.7 Å². The fourth-order valence-electron chi connectivity index (χ4n) is 4.15. The van der Waals surface area contributed by atoms with Crippen LogP contribution in [0.4, 0.5) is 0 Å². The third-order valence-corrected chi connectivity index (χ3v) is 6.20. The minimum atomic E-state index is 0.230. The molecule has 3 aromatic rings. The lowest BCUT2D eigenvalue weighted by atomic mass is 9.81. The smallest absolute Gasteiger partial charge is 0.123 e. The first kappa shape index (κ1) is 18.2. The van der Waals surface area contributed by atoms with Crippen LogP contribution < -0.4 is 10.6 Å². The maximum Gasteiger partial charge on any atom is 0.123 e. The number of methoxy groups -OCH3 is 1. The fourth-order valence-corrected chi connectivity index (χ4v) is 4.79. The Balaban J connectivity index is 1.66. The molecule has 4 nitrogen and oxygen atoms in total. The minimum absolute atomic E-state index is 0.230. The van der Waals surface area contributed by atoms with Crippen molar-refractivity contribution in [2.45, 2.75) is 25.3 Å². The van der Waals surface area contributed by atoms with Gasteiger partial charge in [-0.1, -0.05) is 30.3 Å². The van der Waals surface area contributed by atoms with Crippen LogP contribution in [-0.2, 0) is 6.42 Å². The predicted molar refractivity (Wildman–Crippen MR) is 111 cm³/mol. The van der Waals surface area contributed by atoms with Crippen molar-refractivity contribution < 1.29 is 4.74 Å². The van der Waals surface area contributed by atoms with Gasteiger partial charge < -0.3 is 4.74 Å². The summed E-state index contributed by atoms with van der Waals surface area (Å²) in [7, 11) is 1.74. The Labute approximate surface area is 164 Å². The molecule has 0 saturated carbocycles. The van der Waals surface area contributed by atoms with E-state index >= 15 is 0 Å². The molecule has 2 atom stereocenters. The summed E-state index contributed by atoms with van der Waals surface area (Å²) >= 11 is 1.66. The normalized spacial score (nSPS) is 20.5. The second-order valence-electron chi connectivity index (χ2n) is 7.06. The first-order valence-electron chi connectivity index (χ1n) is 9.39. The molecule has 0 radical (unpaired) electrons. The molecule has 1 aliphatic rings. The Morgan fingerprint density at radius 2 is 2.07 bits per heavy atom. The number of thiazole rings is 1. The number of piperidine rings is 1. The van der Waals surface area contributed by atoms with Crippen LogP contribution >= 0.6 is 11.3 Å². The second kappa shape index (κ2) is 8.21. The average Bonchev–Trinajstić information content (AvgIpc) is 3.24. The zero-order valence-corrected chi connectivity index (χ0v) is 16.4. The van der Waals surface area contributed by atoms with Crippen LogP contribution in [0.3, 0.4) is 0 Å². The quantitative estimate of drug-likeness (QED) is 0.654. The Morgan fingerprint density at radius 1 is 1.22 bits per heavy atom.